The van der Waals surface area contributed by atoms with Crippen molar-refractivity contribution in [2.24, 2.45) is 0 Å². The van der Waals surface area contributed by atoms with Crippen molar-refractivity contribution in [3.8, 4) is 0 Å². The number of hydrogen-bond acceptors (Lipinski definition) is 1. The third-order valence-electron chi connectivity index (χ3n) is 4.26. The molecule has 122 valence electrons. The largest absolute Gasteiger partial charge is 0.407 e. The summed E-state index contributed by atoms with van der Waals surface area (Å²) in [5.74, 6) is 0. The van der Waals surface area contributed by atoms with Gasteiger partial charge in [0.05, 0.1) is 0 Å². The molecule has 1 nitrogen and oxygen atoms in total. The average Bonchev–Trinajstić information content (AvgIpc) is 2.52. The molecule has 2 rings (SSSR count). The molecule has 0 bridgehead atoms. The third kappa shape index (κ3) is 3.82. The van der Waals surface area contributed by atoms with E-state index in [0.717, 1.165) is 13.0 Å². The molecule has 0 radical (unpaired) electrons. The van der Waals surface area contributed by atoms with Crippen LogP contribution in [0.3, 0.4) is 0 Å². The van der Waals surface area contributed by atoms with Crippen molar-refractivity contribution >= 4 is 18.7 Å². The summed E-state index contributed by atoms with van der Waals surface area (Å²) in [4.78, 5) is 0. The van der Waals surface area contributed by atoms with E-state index in [1.165, 1.54) is 15.9 Å². The van der Waals surface area contributed by atoms with Crippen molar-refractivity contribution in [3.05, 3.63) is 72.8 Å². The van der Waals surface area contributed by atoms with Crippen molar-refractivity contribution in [2.45, 2.75) is 39.2 Å². The maximum atomic E-state index is 6.76. The van der Waals surface area contributed by atoms with Crippen LogP contribution in [0.5, 0.6) is 0 Å². The average molecular weight is 325 g/mol. The minimum absolute atomic E-state index is 0.0464. The highest BCUT2D eigenvalue weighted by Crippen LogP contribution is 2.36. The minimum Gasteiger partial charge on any atom is -0.407 e. The van der Waals surface area contributed by atoms with E-state index in [9.17, 15) is 0 Å². The normalized spacial score (nSPS) is 12.2. The van der Waals surface area contributed by atoms with Crippen LogP contribution in [0.2, 0.25) is 5.04 Å². The van der Waals surface area contributed by atoms with Gasteiger partial charge in [0.1, 0.15) is 0 Å². The monoisotopic (exact) mass is 324 g/mol. The maximum Gasteiger partial charge on any atom is 0.261 e. The Labute approximate surface area is 142 Å². The lowest BCUT2D eigenvalue weighted by Crippen LogP contribution is -2.66. The molecule has 0 spiro atoms. The van der Waals surface area contributed by atoms with Gasteiger partial charge in [-0.25, -0.2) is 0 Å². The molecule has 0 aliphatic heterocycles. The number of benzene rings is 2. The Morgan fingerprint density at radius 3 is 1.70 bits per heavy atom. The van der Waals surface area contributed by atoms with Gasteiger partial charge in [-0.2, -0.15) is 0 Å². The molecule has 0 unspecified atom stereocenters. The van der Waals surface area contributed by atoms with Gasteiger partial charge >= 0.3 is 0 Å². The molecule has 0 amide bonds. The fourth-order valence-corrected chi connectivity index (χ4v) is 7.70. The highest BCUT2D eigenvalue weighted by atomic mass is 28.4. The van der Waals surface area contributed by atoms with Crippen molar-refractivity contribution in [2.75, 3.05) is 6.61 Å². The lowest BCUT2D eigenvalue weighted by Gasteiger charge is -2.43. The van der Waals surface area contributed by atoms with Gasteiger partial charge in [-0.1, -0.05) is 87.0 Å². The first kappa shape index (κ1) is 17.7. The lowest BCUT2D eigenvalue weighted by atomic mass is 10.2. The SMILES string of the molecule is C=C(C)CCO[Si](c1ccccc1)(c1ccccc1)C(C)(C)C. The molecule has 0 atom stereocenters. The molecule has 0 aliphatic carbocycles. The molecule has 2 aromatic carbocycles. The number of rotatable bonds is 6. The smallest absolute Gasteiger partial charge is 0.261 e. The molecule has 0 fully saturated rings. The molecular weight excluding hydrogens is 296 g/mol. The van der Waals surface area contributed by atoms with Crippen LogP contribution in [0.4, 0.5) is 0 Å². The predicted molar refractivity (Wildman–Crippen MR) is 103 cm³/mol. The molecule has 23 heavy (non-hydrogen) atoms. The van der Waals surface area contributed by atoms with Crippen molar-refractivity contribution in [1.29, 1.82) is 0 Å². The van der Waals surface area contributed by atoms with Gasteiger partial charge in [0.2, 0.25) is 0 Å². The van der Waals surface area contributed by atoms with Crippen molar-refractivity contribution < 1.29 is 4.43 Å². The van der Waals surface area contributed by atoms with Gasteiger partial charge in [-0.15, -0.1) is 6.58 Å². The van der Waals surface area contributed by atoms with Crippen LogP contribution < -0.4 is 10.4 Å². The summed E-state index contributed by atoms with van der Waals surface area (Å²) in [6.07, 6.45) is 0.907. The fraction of sp³-hybridized carbons (Fsp3) is 0.333. The Morgan fingerprint density at radius 1 is 0.913 bits per heavy atom. The standard InChI is InChI=1S/C21H28OSi/c1-18(2)16-17-22-23(21(3,4)5,19-12-8-6-9-13-19)20-14-10-7-11-15-20/h6-15H,1,16-17H2,2-5H3. The maximum absolute atomic E-state index is 6.76. The summed E-state index contributed by atoms with van der Waals surface area (Å²) in [5.41, 5.74) is 1.17. The van der Waals surface area contributed by atoms with Crippen LogP contribution in [0.25, 0.3) is 0 Å². The van der Waals surface area contributed by atoms with Crippen molar-refractivity contribution in [3.63, 3.8) is 0 Å². The Balaban J connectivity index is 2.57. The van der Waals surface area contributed by atoms with Gasteiger partial charge in [0.25, 0.3) is 8.32 Å². The topological polar surface area (TPSA) is 9.23 Å². The lowest BCUT2D eigenvalue weighted by molar-refractivity contribution is 0.301. The van der Waals surface area contributed by atoms with Crippen LogP contribution in [-0.2, 0) is 4.43 Å². The molecule has 0 aromatic heterocycles. The van der Waals surface area contributed by atoms with Gasteiger partial charge in [0, 0.05) is 6.61 Å². The first-order chi connectivity index (χ1) is 10.9. The van der Waals surface area contributed by atoms with Crippen molar-refractivity contribution in [1.82, 2.24) is 0 Å². The van der Waals surface area contributed by atoms with Crippen LogP contribution in [0, 0.1) is 0 Å². The van der Waals surface area contributed by atoms with Crippen LogP contribution in [0.1, 0.15) is 34.1 Å². The van der Waals surface area contributed by atoms with Crippen LogP contribution in [-0.4, -0.2) is 14.9 Å². The van der Waals surface area contributed by atoms with Gasteiger partial charge < -0.3 is 4.43 Å². The van der Waals surface area contributed by atoms with E-state index in [1.807, 2.05) is 0 Å². The second-order valence-corrected chi connectivity index (χ2v) is 11.5. The van der Waals surface area contributed by atoms with E-state index < -0.39 is 8.32 Å². The van der Waals surface area contributed by atoms with Crippen LogP contribution in [0.15, 0.2) is 72.8 Å². The van der Waals surface area contributed by atoms with E-state index in [0.29, 0.717) is 0 Å². The molecule has 2 heteroatoms. The van der Waals surface area contributed by atoms with E-state index in [2.05, 4.69) is 94.9 Å². The zero-order chi connectivity index (χ0) is 16.9. The first-order valence-electron chi connectivity index (χ1n) is 8.27. The van der Waals surface area contributed by atoms with Crippen LogP contribution >= 0.6 is 0 Å². The molecule has 2 aromatic rings. The van der Waals surface area contributed by atoms with E-state index >= 15 is 0 Å². The molecule has 0 saturated carbocycles. The highest BCUT2D eigenvalue weighted by Gasteiger charge is 2.49. The van der Waals surface area contributed by atoms with E-state index in [1.54, 1.807) is 0 Å². The Kier molecular flexibility index (Phi) is 5.61. The van der Waals surface area contributed by atoms with E-state index in [4.69, 9.17) is 4.43 Å². The molecular formula is C21H28OSi. The second-order valence-electron chi connectivity index (χ2n) is 7.22. The Morgan fingerprint density at radius 2 is 1.35 bits per heavy atom. The Hall–Kier alpha value is -1.64. The summed E-state index contributed by atoms with van der Waals surface area (Å²) in [6, 6.07) is 21.5. The first-order valence-corrected chi connectivity index (χ1v) is 10.2. The minimum atomic E-state index is -2.36. The quantitative estimate of drug-likeness (QED) is 0.560. The molecule has 0 heterocycles. The van der Waals surface area contributed by atoms with E-state index in [-0.39, 0.29) is 5.04 Å². The predicted octanol–water partition coefficient (Wildman–Crippen LogP) is 4.53. The summed E-state index contributed by atoms with van der Waals surface area (Å²) in [7, 11) is -2.36. The molecule has 0 N–H and O–H groups in total. The zero-order valence-corrected chi connectivity index (χ0v) is 15.8. The molecule has 0 aliphatic rings. The Bertz CT molecular complexity index is 586. The number of hydrogen-bond donors (Lipinski definition) is 0. The summed E-state index contributed by atoms with van der Waals surface area (Å²) in [5, 5.41) is 2.71. The van der Waals surface area contributed by atoms with Gasteiger partial charge in [-0.05, 0) is 28.8 Å². The second kappa shape index (κ2) is 7.29. The van der Waals surface area contributed by atoms with Gasteiger partial charge in [0.15, 0.2) is 0 Å². The summed E-state index contributed by atoms with van der Waals surface area (Å²) >= 11 is 0. The highest BCUT2D eigenvalue weighted by molar-refractivity contribution is 6.99. The van der Waals surface area contributed by atoms with Gasteiger partial charge in [-0.3, -0.25) is 0 Å². The summed E-state index contributed by atoms with van der Waals surface area (Å²) < 4.78 is 6.76. The zero-order valence-electron chi connectivity index (χ0n) is 14.8. The summed E-state index contributed by atoms with van der Waals surface area (Å²) in [6.45, 7) is 13.7. The third-order valence-corrected chi connectivity index (χ3v) is 9.31. The molecule has 0 saturated heterocycles. The fourth-order valence-electron chi connectivity index (χ4n) is 3.14.